The van der Waals surface area contributed by atoms with Gasteiger partial charge < -0.3 is 13.2 Å². The van der Waals surface area contributed by atoms with Gasteiger partial charge in [-0.25, -0.2) is 4.39 Å². The number of nitrogen functional groups attached to an aromatic ring is 1. The van der Waals surface area contributed by atoms with Gasteiger partial charge in [0.25, 0.3) is 0 Å². The van der Waals surface area contributed by atoms with Crippen molar-refractivity contribution < 1.29 is 68.9 Å². The van der Waals surface area contributed by atoms with Crippen LogP contribution in [0.4, 0.5) is 23.2 Å². The zero-order valence-corrected chi connectivity index (χ0v) is 13.8. The average molecular weight is 276 g/mol. The molecule has 94 valence electrons. The van der Waals surface area contributed by atoms with Gasteiger partial charge in [-0.3, -0.25) is 0 Å². The molecule has 0 heterocycles. The van der Waals surface area contributed by atoms with E-state index in [2.05, 4.69) is 0 Å². The molecule has 0 fully saturated rings. The summed E-state index contributed by atoms with van der Waals surface area (Å²) in [5.74, 6) is -1.17. The fourth-order valence-corrected chi connectivity index (χ4v) is 0.944. The molecule has 0 spiro atoms. The maximum atomic E-state index is 12.6. The first kappa shape index (κ1) is 22.5. The van der Waals surface area contributed by atoms with E-state index in [-0.39, 0.29) is 70.1 Å². The third-order valence-electron chi connectivity index (χ3n) is 1.54. The Balaban J connectivity index is -0.000000464. The van der Waals surface area contributed by atoms with Gasteiger partial charge in [-0.05, 0) is 5.69 Å². The standard InChI is InChI=1S/C8H6F4N.C2H6.CH3.K/c1-4-2-7(13)6(9)3-5(4)8(10,11)12;1-2;;/h2H,13H2,1H3;1-2H3;1H3;/q-1;;-1;+1. The van der Waals surface area contributed by atoms with E-state index in [0.717, 1.165) is 6.07 Å². The van der Waals surface area contributed by atoms with E-state index in [1.165, 1.54) is 6.92 Å². The Hall–Kier alpha value is 0.376. The van der Waals surface area contributed by atoms with Crippen LogP contribution in [0.25, 0.3) is 0 Å². The molecule has 0 atom stereocenters. The Morgan fingerprint density at radius 3 is 2.00 bits per heavy atom. The number of hydrogen-bond donors (Lipinski definition) is 1. The van der Waals surface area contributed by atoms with Crippen molar-refractivity contribution in [3.8, 4) is 0 Å². The summed E-state index contributed by atoms with van der Waals surface area (Å²) in [5, 5.41) is 0. The molecule has 6 heteroatoms. The van der Waals surface area contributed by atoms with E-state index in [1.54, 1.807) is 6.07 Å². The molecule has 0 amide bonds. The second-order valence-corrected chi connectivity index (χ2v) is 2.59. The topological polar surface area (TPSA) is 26.0 Å². The van der Waals surface area contributed by atoms with Crippen LogP contribution in [0.3, 0.4) is 0 Å². The van der Waals surface area contributed by atoms with Crippen LogP contribution >= 0.6 is 0 Å². The number of benzene rings is 1. The number of halogens is 4. The summed E-state index contributed by atoms with van der Waals surface area (Å²) in [6.45, 7) is 5.20. The minimum Gasteiger partial charge on any atom is -0.447 e. The molecule has 17 heavy (non-hydrogen) atoms. The van der Waals surface area contributed by atoms with E-state index in [1.807, 2.05) is 13.8 Å². The molecule has 0 aliphatic carbocycles. The first-order valence-electron chi connectivity index (χ1n) is 4.37. The first-order chi connectivity index (χ1) is 6.82. The van der Waals surface area contributed by atoms with E-state index >= 15 is 0 Å². The van der Waals surface area contributed by atoms with E-state index < -0.39 is 17.6 Å². The maximum absolute atomic E-state index is 12.6. The van der Waals surface area contributed by atoms with Gasteiger partial charge in [-0.15, -0.1) is 17.7 Å². The third-order valence-corrected chi connectivity index (χ3v) is 1.54. The van der Waals surface area contributed by atoms with Crippen LogP contribution < -0.4 is 57.1 Å². The molecule has 1 aromatic carbocycles. The molecule has 0 saturated heterocycles. The predicted octanol–water partition coefficient (Wildman–Crippen LogP) is 1.02. The molecule has 0 aliphatic rings. The molecule has 0 unspecified atom stereocenters. The van der Waals surface area contributed by atoms with Gasteiger partial charge >= 0.3 is 57.6 Å². The number of nitrogens with two attached hydrogens (primary N) is 1. The minimum absolute atomic E-state index is 0. The Morgan fingerprint density at radius 1 is 1.24 bits per heavy atom. The number of aryl methyl sites for hydroxylation is 1. The van der Waals surface area contributed by atoms with Crippen molar-refractivity contribution in [1.82, 2.24) is 0 Å². The second-order valence-electron chi connectivity index (χ2n) is 2.59. The number of anilines is 1. The van der Waals surface area contributed by atoms with E-state index in [9.17, 15) is 17.6 Å². The predicted molar refractivity (Wildman–Crippen MR) is 57.1 cm³/mol. The van der Waals surface area contributed by atoms with Gasteiger partial charge in [0.15, 0.2) is 0 Å². The fourth-order valence-electron chi connectivity index (χ4n) is 0.944. The molecule has 1 aromatic rings. The van der Waals surface area contributed by atoms with Gasteiger partial charge in [-0.2, -0.15) is 13.2 Å². The van der Waals surface area contributed by atoms with Crippen LogP contribution in [-0.2, 0) is 6.18 Å². The van der Waals surface area contributed by atoms with Crippen molar-refractivity contribution in [3.05, 3.63) is 36.5 Å². The molecule has 1 nitrogen and oxygen atoms in total. The van der Waals surface area contributed by atoms with Crippen molar-refractivity contribution in [3.63, 3.8) is 0 Å². The Kier molecular flexibility index (Phi) is 12.4. The first-order valence-corrected chi connectivity index (χ1v) is 4.37. The van der Waals surface area contributed by atoms with Gasteiger partial charge in [0, 0.05) is 5.82 Å². The quantitative estimate of drug-likeness (QED) is 0.325. The summed E-state index contributed by atoms with van der Waals surface area (Å²) >= 11 is 0. The van der Waals surface area contributed by atoms with Crippen molar-refractivity contribution in [1.29, 1.82) is 0 Å². The van der Waals surface area contributed by atoms with Crippen LogP contribution in [0.1, 0.15) is 25.0 Å². The number of rotatable bonds is 0. The van der Waals surface area contributed by atoms with Crippen LogP contribution in [0.2, 0.25) is 0 Å². The molecule has 1 rings (SSSR count). The Labute approximate surface area is 142 Å². The molecule has 0 bridgehead atoms. The fraction of sp³-hybridized carbons (Fsp3) is 0.364. The molecular weight excluding hydrogens is 261 g/mol. The van der Waals surface area contributed by atoms with E-state index in [0.29, 0.717) is 0 Å². The molecular formula is C11H15F4KN-. The summed E-state index contributed by atoms with van der Waals surface area (Å²) in [6, 6.07) is 2.51. The zero-order chi connectivity index (χ0) is 12.2. The SMILES string of the molecule is CC.Cc1cc(N)c(F)[c-]c1C(F)(F)F.[CH3-].[K+]. The normalized spacial score (nSPS) is 9.35. The van der Waals surface area contributed by atoms with Gasteiger partial charge in [-0.1, -0.05) is 26.3 Å². The summed E-state index contributed by atoms with van der Waals surface area (Å²) in [7, 11) is 0. The smallest absolute Gasteiger partial charge is 0.447 e. The molecule has 0 radical (unpaired) electrons. The van der Waals surface area contributed by atoms with Gasteiger partial charge in [0.1, 0.15) is 0 Å². The average Bonchev–Trinajstić information content (AvgIpc) is 2.13. The van der Waals surface area contributed by atoms with Crippen molar-refractivity contribution in [2.75, 3.05) is 5.73 Å². The van der Waals surface area contributed by atoms with Crippen LogP contribution in [0.5, 0.6) is 0 Å². The Morgan fingerprint density at radius 2 is 1.65 bits per heavy atom. The van der Waals surface area contributed by atoms with Crippen LogP contribution in [-0.4, -0.2) is 0 Å². The summed E-state index contributed by atoms with van der Waals surface area (Å²) in [4.78, 5) is 0. The summed E-state index contributed by atoms with van der Waals surface area (Å²) < 4.78 is 49.0. The summed E-state index contributed by atoms with van der Waals surface area (Å²) in [6.07, 6.45) is -4.58. The third kappa shape index (κ3) is 6.76. The largest absolute Gasteiger partial charge is 1.00 e. The molecule has 0 aliphatic heterocycles. The van der Waals surface area contributed by atoms with Gasteiger partial charge in [0.2, 0.25) is 0 Å². The Bertz CT molecular complexity index is 337. The minimum atomic E-state index is -4.58. The molecule has 0 saturated carbocycles. The number of alkyl halides is 3. The van der Waals surface area contributed by atoms with Crippen molar-refractivity contribution in [2.45, 2.75) is 26.9 Å². The molecule has 0 aromatic heterocycles. The molecule has 2 N–H and O–H groups in total. The van der Waals surface area contributed by atoms with E-state index in [4.69, 9.17) is 5.73 Å². The van der Waals surface area contributed by atoms with Crippen LogP contribution in [0.15, 0.2) is 6.07 Å². The zero-order valence-electron chi connectivity index (χ0n) is 10.7. The van der Waals surface area contributed by atoms with Gasteiger partial charge in [0.05, 0.1) is 0 Å². The number of hydrogen-bond acceptors (Lipinski definition) is 1. The monoisotopic (exact) mass is 276 g/mol. The maximum Gasteiger partial charge on any atom is 1.00 e. The summed E-state index contributed by atoms with van der Waals surface area (Å²) in [5.41, 5.74) is 3.49. The second kappa shape index (κ2) is 9.33. The van der Waals surface area contributed by atoms with Crippen LogP contribution in [0, 0.1) is 26.2 Å². The van der Waals surface area contributed by atoms with Crippen molar-refractivity contribution >= 4 is 5.69 Å². The van der Waals surface area contributed by atoms with Crippen molar-refractivity contribution in [2.24, 2.45) is 0 Å².